The molecule has 3 nitrogen and oxygen atoms in total. The Kier molecular flexibility index (Phi) is 7.82. The zero-order valence-corrected chi connectivity index (χ0v) is 31.0. The second-order valence-electron chi connectivity index (χ2n) is 14.6. The zero-order chi connectivity index (χ0) is 37.7. The van der Waals surface area contributed by atoms with E-state index in [1.54, 1.807) is 0 Å². The Hall–Kier alpha value is -7.62. The highest BCUT2D eigenvalue weighted by molar-refractivity contribution is 6.18. The van der Waals surface area contributed by atoms with E-state index in [4.69, 9.17) is 9.97 Å². The van der Waals surface area contributed by atoms with E-state index in [1.165, 1.54) is 43.7 Å². The third-order valence-corrected chi connectivity index (χ3v) is 11.2. The Morgan fingerprint density at radius 1 is 0.298 bits per heavy atom. The number of rotatable bonds is 6. The average molecular weight is 726 g/mol. The van der Waals surface area contributed by atoms with E-state index in [9.17, 15) is 0 Å². The minimum absolute atomic E-state index is 0.911. The van der Waals surface area contributed by atoms with Gasteiger partial charge in [-0.25, -0.2) is 9.97 Å². The molecule has 0 fully saturated rings. The monoisotopic (exact) mass is 725 g/mol. The average Bonchev–Trinajstić information content (AvgIpc) is 3.63. The van der Waals surface area contributed by atoms with Crippen LogP contribution in [-0.4, -0.2) is 14.5 Å². The molecule has 0 unspecified atom stereocenters. The topological polar surface area (TPSA) is 30.7 Å². The minimum Gasteiger partial charge on any atom is -0.309 e. The molecule has 0 aliphatic heterocycles. The maximum Gasteiger partial charge on any atom is 0.0728 e. The van der Waals surface area contributed by atoms with Crippen LogP contribution in [0.25, 0.3) is 105 Å². The van der Waals surface area contributed by atoms with Crippen LogP contribution in [0, 0.1) is 0 Å². The summed E-state index contributed by atoms with van der Waals surface area (Å²) in [4.78, 5) is 10.8. The molecule has 3 heteroatoms. The van der Waals surface area contributed by atoms with Gasteiger partial charge in [-0.15, -0.1) is 0 Å². The van der Waals surface area contributed by atoms with Crippen LogP contribution in [0.1, 0.15) is 0 Å². The van der Waals surface area contributed by atoms with Crippen molar-refractivity contribution >= 4 is 43.5 Å². The van der Waals surface area contributed by atoms with E-state index in [1.807, 2.05) is 0 Å². The van der Waals surface area contributed by atoms with Crippen LogP contribution in [0.4, 0.5) is 0 Å². The van der Waals surface area contributed by atoms with Crippen LogP contribution in [0.15, 0.2) is 212 Å². The third-order valence-electron chi connectivity index (χ3n) is 11.2. The largest absolute Gasteiger partial charge is 0.309 e. The van der Waals surface area contributed by atoms with Crippen molar-refractivity contribution < 1.29 is 0 Å². The molecule has 0 amide bonds. The molecule has 0 atom stereocenters. The summed E-state index contributed by atoms with van der Waals surface area (Å²) in [6.07, 6.45) is 0. The molecular formula is C54H35N3. The first-order valence-electron chi connectivity index (χ1n) is 19.4. The Morgan fingerprint density at radius 3 is 1.42 bits per heavy atom. The van der Waals surface area contributed by atoms with Crippen LogP contribution in [0.5, 0.6) is 0 Å². The maximum absolute atomic E-state index is 5.40. The summed E-state index contributed by atoms with van der Waals surface area (Å²) in [7, 11) is 0. The van der Waals surface area contributed by atoms with Crippen LogP contribution in [0.3, 0.4) is 0 Å². The Bertz CT molecular complexity index is 3220. The second kappa shape index (κ2) is 13.6. The van der Waals surface area contributed by atoms with Gasteiger partial charge in [0.25, 0.3) is 0 Å². The number of nitrogens with zero attached hydrogens (tertiary/aromatic N) is 3. The Labute approximate surface area is 330 Å². The summed E-state index contributed by atoms with van der Waals surface area (Å²) in [5.74, 6) is 0. The SMILES string of the molecule is c1ccc(-c2cc(-c3cc4nc(-c5ccccc5)cc(-c5ccccc5)c4c4ccccc34)cc(-c3cccc(-n4c5ccccc5c5ccccc54)c3)n2)cc1. The van der Waals surface area contributed by atoms with Gasteiger partial charge >= 0.3 is 0 Å². The number of fused-ring (bicyclic) bond motifs is 6. The summed E-state index contributed by atoms with van der Waals surface area (Å²) in [6.45, 7) is 0. The molecule has 0 aliphatic carbocycles. The van der Waals surface area contributed by atoms with Crippen LogP contribution in [-0.2, 0) is 0 Å². The summed E-state index contributed by atoms with van der Waals surface area (Å²) in [5.41, 5.74) is 15.0. The normalized spacial score (nSPS) is 11.5. The first-order valence-corrected chi connectivity index (χ1v) is 19.4. The van der Waals surface area contributed by atoms with E-state index in [0.29, 0.717) is 0 Å². The van der Waals surface area contributed by atoms with E-state index in [0.717, 1.165) is 61.5 Å². The molecule has 0 saturated carbocycles. The highest BCUT2D eigenvalue weighted by atomic mass is 15.0. The highest BCUT2D eigenvalue weighted by Crippen LogP contribution is 2.42. The molecule has 8 aromatic carbocycles. The third kappa shape index (κ3) is 5.68. The molecule has 0 N–H and O–H groups in total. The van der Waals surface area contributed by atoms with Gasteiger partial charge in [-0.2, -0.15) is 0 Å². The second-order valence-corrected chi connectivity index (χ2v) is 14.6. The van der Waals surface area contributed by atoms with Crippen molar-refractivity contribution in [3.8, 4) is 61.7 Å². The van der Waals surface area contributed by atoms with Crippen LogP contribution in [0.2, 0.25) is 0 Å². The van der Waals surface area contributed by atoms with Gasteiger partial charge < -0.3 is 4.57 Å². The van der Waals surface area contributed by atoms with E-state index in [-0.39, 0.29) is 0 Å². The number of para-hydroxylation sites is 2. The standard InChI is InChI=1S/C54H35N3/c1-4-17-36(18-5-1)47-35-50(38-21-8-3-9-22-38)56-51-34-46(42-25-10-11-28-45(42)54(47)51)40-32-48(37-19-6-2-7-20-37)55-49(33-40)39-23-16-24-41(31-39)57-52-29-14-12-26-43(52)44-27-13-15-30-53(44)57/h1-35H. The molecule has 0 bridgehead atoms. The molecule has 266 valence electrons. The number of pyridine rings is 2. The lowest BCUT2D eigenvalue weighted by Crippen LogP contribution is -1.96. The van der Waals surface area contributed by atoms with Gasteiger partial charge in [-0.1, -0.05) is 164 Å². The summed E-state index contributed by atoms with van der Waals surface area (Å²) >= 11 is 0. The first kappa shape index (κ1) is 32.8. The summed E-state index contributed by atoms with van der Waals surface area (Å²) < 4.78 is 2.37. The van der Waals surface area contributed by atoms with Gasteiger partial charge in [0.1, 0.15) is 0 Å². The summed E-state index contributed by atoms with van der Waals surface area (Å²) in [5, 5.41) is 5.98. The number of hydrogen-bond donors (Lipinski definition) is 0. The van der Waals surface area contributed by atoms with E-state index < -0.39 is 0 Å². The van der Waals surface area contributed by atoms with Gasteiger partial charge in [0.05, 0.1) is 33.6 Å². The highest BCUT2D eigenvalue weighted by Gasteiger charge is 2.19. The smallest absolute Gasteiger partial charge is 0.0728 e. The van der Waals surface area contributed by atoms with Crippen molar-refractivity contribution in [1.82, 2.24) is 14.5 Å². The molecule has 3 aromatic heterocycles. The molecule has 0 spiro atoms. The Balaban J connectivity index is 1.16. The maximum atomic E-state index is 5.40. The lowest BCUT2D eigenvalue weighted by atomic mass is 9.90. The van der Waals surface area contributed by atoms with Crippen molar-refractivity contribution in [2.75, 3.05) is 0 Å². The lowest BCUT2D eigenvalue weighted by Gasteiger charge is -2.17. The molecule has 0 radical (unpaired) electrons. The zero-order valence-electron chi connectivity index (χ0n) is 31.0. The van der Waals surface area contributed by atoms with Gasteiger partial charge in [-0.05, 0) is 81.6 Å². The van der Waals surface area contributed by atoms with Crippen molar-refractivity contribution in [2.45, 2.75) is 0 Å². The van der Waals surface area contributed by atoms with Crippen molar-refractivity contribution in [2.24, 2.45) is 0 Å². The van der Waals surface area contributed by atoms with Gasteiger partial charge in [-0.3, -0.25) is 0 Å². The van der Waals surface area contributed by atoms with Crippen molar-refractivity contribution in [1.29, 1.82) is 0 Å². The lowest BCUT2D eigenvalue weighted by molar-refractivity contribution is 1.18. The predicted octanol–water partition coefficient (Wildman–Crippen LogP) is 14.2. The molecule has 11 rings (SSSR count). The van der Waals surface area contributed by atoms with Crippen molar-refractivity contribution in [3.05, 3.63) is 212 Å². The fourth-order valence-electron chi connectivity index (χ4n) is 8.54. The number of aromatic nitrogens is 3. The van der Waals surface area contributed by atoms with Gasteiger partial charge in [0.15, 0.2) is 0 Å². The molecule has 3 heterocycles. The van der Waals surface area contributed by atoms with E-state index >= 15 is 0 Å². The quantitative estimate of drug-likeness (QED) is 0.160. The molecule has 11 aromatic rings. The molecule has 0 saturated heterocycles. The summed E-state index contributed by atoms with van der Waals surface area (Å²) in [6, 6.07) is 75.6. The number of benzene rings is 8. The first-order chi connectivity index (χ1) is 28.3. The van der Waals surface area contributed by atoms with Crippen LogP contribution >= 0.6 is 0 Å². The minimum atomic E-state index is 0.911. The van der Waals surface area contributed by atoms with E-state index in [2.05, 4.69) is 217 Å². The molecule has 57 heavy (non-hydrogen) atoms. The fraction of sp³-hybridized carbons (Fsp3) is 0. The van der Waals surface area contributed by atoms with Crippen LogP contribution < -0.4 is 0 Å². The predicted molar refractivity (Wildman–Crippen MR) is 239 cm³/mol. The van der Waals surface area contributed by atoms with Gasteiger partial charge in [0, 0.05) is 38.5 Å². The van der Waals surface area contributed by atoms with Crippen molar-refractivity contribution in [3.63, 3.8) is 0 Å². The molecule has 0 aliphatic rings. The fourth-order valence-corrected chi connectivity index (χ4v) is 8.54. The Morgan fingerprint density at radius 2 is 0.789 bits per heavy atom. The number of hydrogen-bond acceptors (Lipinski definition) is 2. The molecular weight excluding hydrogens is 691 g/mol. The van der Waals surface area contributed by atoms with Gasteiger partial charge in [0.2, 0.25) is 0 Å².